The smallest absolute Gasteiger partial charge is 0.418 e. The maximum absolute atomic E-state index is 13.3. The summed E-state index contributed by atoms with van der Waals surface area (Å²) in [5, 5.41) is 20.2. The van der Waals surface area contributed by atoms with E-state index in [9.17, 15) is 18.0 Å². The number of alkyl halides is 3. The van der Waals surface area contributed by atoms with Gasteiger partial charge < -0.3 is 15.5 Å². The van der Waals surface area contributed by atoms with Crippen LogP contribution in [-0.4, -0.2) is 33.0 Å². The Morgan fingerprint density at radius 3 is 2.17 bits per heavy atom. The number of aromatic nitrogens is 1. The number of rotatable bonds is 6. The third kappa shape index (κ3) is 8.72. The molecule has 0 saturated carbocycles. The first-order valence-electron chi connectivity index (χ1n) is 9.80. The third-order valence-electron chi connectivity index (χ3n) is 4.36. The van der Waals surface area contributed by atoms with E-state index in [1.165, 1.54) is 6.07 Å². The van der Waals surface area contributed by atoms with Crippen molar-refractivity contribution in [3.63, 3.8) is 0 Å². The summed E-state index contributed by atoms with van der Waals surface area (Å²) < 4.78 is 40.0. The normalized spacial score (nSPS) is 11.5. The number of carbonyl (C=O) groups excluding carboxylic acids is 1. The van der Waals surface area contributed by atoms with E-state index in [0.717, 1.165) is 17.7 Å². The van der Waals surface area contributed by atoms with Gasteiger partial charge in [-0.3, -0.25) is 15.1 Å². The standard InChI is InChI=1S/C21H17ClF3N3O.C2H2O4/c22-16-8-9-18(17(11-16)21(23,24)25)28-20(29)19(15-6-2-1-3-7-15)27-13-14-5-4-10-26-12-14;3-1(4)2(5)6/h1-12,19,27H,13H2,(H,28,29);(H,3,4)(H,5,6). The van der Waals surface area contributed by atoms with Crippen LogP contribution >= 0.6 is 11.6 Å². The number of carboxylic acids is 2. The third-order valence-corrected chi connectivity index (χ3v) is 4.59. The van der Waals surface area contributed by atoms with E-state index in [0.29, 0.717) is 12.1 Å². The summed E-state index contributed by atoms with van der Waals surface area (Å²) in [7, 11) is 0. The first-order valence-corrected chi connectivity index (χ1v) is 10.2. The van der Waals surface area contributed by atoms with Gasteiger partial charge in [0.2, 0.25) is 5.91 Å². The summed E-state index contributed by atoms with van der Waals surface area (Å²) in [5.74, 6) is -4.27. The van der Waals surface area contributed by atoms with Crippen LogP contribution in [0.4, 0.5) is 18.9 Å². The molecule has 0 bridgehead atoms. The molecule has 0 saturated heterocycles. The number of nitrogens with zero attached hydrogens (tertiary/aromatic N) is 1. The van der Waals surface area contributed by atoms with Gasteiger partial charge in [-0.05, 0) is 35.4 Å². The zero-order valence-electron chi connectivity index (χ0n) is 17.8. The number of aliphatic carboxylic acids is 2. The highest BCUT2D eigenvalue weighted by Gasteiger charge is 2.35. The highest BCUT2D eigenvalue weighted by Crippen LogP contribution is 2.36. The maximum atomic E-state index is 13.3. The molecule has 0 aliphatic rings. The first kappa shape index (κ1) is 27.3. The van der Waals surface area contributed by atoms with Crippen molar-refractivity contribution in [2.75, 3.05) is 5.32 Å². The number of hydrogen-bond donors (Lipinski definition) is 4. The van der Waals surface area contributed by atoms with Crippen molar-refractivity contribution in [2.45, 2.75) is 18.8 Å². The molecule has 3 aromatic rings. The Bertz CT molecular complexity index is 1150. The summed E-state index contributed by atoms with van der Waals surface area (Å²) in [6.07, 6.45) is -1.38. The molecule has 4 N–H and O–H groups in total. The molecule has 0 spiro atoms. The molecule has 2 aromatic carbocycles. The highest BCUT2D eigenvalue weighted by atomic mass is 35.5. The Morgan fingerprint density at radius 2 is 1.63 bits per heavy atom. The number of carboxylic acid groups (broad SMARTS) is 2. The van der Waals surface area contributed by atoms with E-state index in [-0.39, 0.29) is 10.7 Å². The fraction of sp³-hybridized carbons (Fsp3) is 0.130. The average Bonchev–Trinajstić information content (AvgIpc) is 2.81. The number of halogens is 4. The van der Waals surface area contributed by atoms with Crippen LogP contribution in [0, 0.1) is 0 Å². The van der Waals surface area contributed by atoms with Gasteiger partial charge in [-0.2, -0.15) is 13.2 Å². The van der Waals surface area contributed by atoms with Crippen LogP contribution < -0.4 is 10.6 Å². The monoisotopic (exact) mass is 509 g/mol. The van der Waals surface area contributed by atoms with E-state index in [2.05, 4.69) is 15.6 Å². The predicted octanol–water partition coefficient (Wildman–Crippen LogP) is 4.38. The van der Waals surface area contributed by atoms with Gasteiger partial charge in [0.05, 0.1) is 11.3 Å². The van der Waals surface area contributed by atoms with Gasteiger partial charge in [0, 0.05) is 24.0 Å². The number of benzene rings is 2. The van der Waals surface area contributed by atoms with Crippen LogP contribution in [0.3, 0.4) is 0 Å². The van der Waals surface area contributed by atoms with E-state index in [1.54, 1.807) is 48.8 Å². The maximum Gasteiger partial charge on any atom is 0.418 e. The van der Waals surface area contributed by atoms with E-state index >= 15 is 0 Å². The molecule has 3 rings (SSSR count). The number of nitrogens with one attached hydrogen (secondary N) is 2. The van der Waals surface area contributed by atoms with Crippen molar-refractivity contribution >= 4 is 35.1 Å². The minimum Gasteiger partial charge on any atom is -0.473 e. The second kappa shape index (κ2) is 12.5. The van der Waals surface area contributed by atoms with Crippen molar-refractivity contribution < 1.29 is 37.8 Å². The molecular weight excluding hydrogens is 491 g/mol. The molecule has 8 nitrogen and oxygen atoms in total. The Labute approximate surface area is 202 Å². The summed E-state index contributed by atoms with van der Waals surface area (Å²) in [6.45, 7) is 0.313. The quantitative estimate of drug-likeness (QED) is 0.363. The molecule has 1 amide bonds. The van der Waals surface area contributed by atoms with Gasteiger partial charge in [0.25, 0.3) is 0 Å². The van der Waals surface area contributed by atoms with Gasteiger partial charge in [0.1, 0.15) is 6.04 Å². The molecule has 0 aliphatic carbocycles. The molecule has 0 fully saturated rings. The number of amides is 1. The lowest BCUT2D eigenvalue weighted by Crippen LogP contribution is -2.33. The van der Waals surface area contributed by atoms with E-state index < -0.39 is 35.6 Å². The zero-order valence-corrected chi connectivity index (χ0v) is 18.5. The van der Waals surface area contributed by atoms with Crippen molar-refractivity contribution in [1.29, 1.82) is 0 Å². The molecule has 1 aromatic heterocycles. The fourth-order valence-electron chi connectivity index (χ4n) is 2.79. The van der Waals surface area contributed by atoms with Crippen LogP contribution in [-0.2, 0) is 27.1 Å². The largest absolute Gasteiger partial charge is 0.473 e. The Balaban J connectivity index is 0.000000641. The second-order valence-corrected chi connectivity index (χ2v) is 7.31. The van der Waals surface area contributed by atoms with Crippen LogP contribution in [0.2, 0.25) is 5.02 Å². The Kier molecular flexibility index (Phi) is 9.74. The predicted molar refractivity (Wildman–Crippen MR) is 121 cm³/mol. The van der Waals surface area contributed by atoms with Crippen molar-refractivity contribution in [3.05, 3.63) is 94.8 Å². The fourth-order valence-corrected chi connectivity index (χ4v) is 2.97. The number of pyridine rings is 1. The van der Waals surface area contributed by atoms with E-state index in [1.807, 2.05) is 6.07 Å². The molecular formula is C23H19ClF3N3O5. The molecule has 12 heteroatoms. The van der Waals surface area contributed by atoms with Crippen LogP contribution in [0.15, 0.2) is 73.1 Å². The number of hydrogen-bond acceptors (Lipinski definition) is 5. The molecule has 0 aliphatic heterocycles. The highest BCUT2D eigenvalue weighted by molar-refractivity contribution is 6.30. The lowest BCUT2D eigenvalue weighted by atomic mass is 10.0. The Hall–Kier alpha value is -3.96. The molecule has 184 valence electrons. The average molecular weight is 510 g/mol. The van der Waals surface area contributed by atoms with Crippen LogP contribution in [0.1, 0.15) is 22.7 Å². The molecule has 1 unspecified atom stereocenters. The SMILES string of the molecule is O=C(Nc1ccc(Cl)cc1C(F)(F)F)C(NCc1cccnc1)c1ccccc1.O=C(O)C(=O)O. The van der Waals surface area contributed by atoms with Gasteiger partial charge in [0.15, 0.2) is 0 Å². The molecule has 35 heavy (non-hydrogen) atoms. The summed E-state index contributed by atoms with van der Waals surface area (Å²) in [5.41, 5.74) is 0.105. The summed E-state index contributed by atoms with van der Waals surface area (Å²) >= 11 is 5.70. The molecule has 1 heterocycles. The number of carbonyl (C=O) groups is 3. The summed E-state index contributed by atoms with van der Waals surface area (Å²) in [6, 6.07) is 14.7. The summed E-state index contributed by atoms with van der Waals surface area (Å²) in [4.78, 5) is 35.1. The van der Waals surface area contributed by atoms with Gasteiger partial charge in [-0.1, -0.05) is 48.0 Å². The Morgan fingerprint density at radius 1 is 0.971 bits per heavy atom. The van der Waals surface area contributed by atoms with Gasteiger partial charge >= 0.3 is 18.1 Å². The second-order valence-electron chi connectivity index (χ2n) is 6.87. The van der Waals surface area contributed by atoms with Crippen molar-refractivity contribution in [1.82, 2.24) is 10.3 Å². The minimum atomic E-state index is -4.65. The topological polar surface area (TPSA) is 129 Å². The van der Waals surface area contributed by atoms with Crippen LogP contribution in [0.25, 0.3) is 0 Å². The molecule has 0 radical (unpaired) electrons. The van der Waals surface area contributed by atoms with Crippen LogP contribution in [0.5, 0.6) is 0 Å². The lowest BCUT2D eigenvalue weighted by Gasteiger charge is -2.21. The van der Waals surface area contributed by atoms with Crippen molar-refractivity contribution in [3.8, 4) is 0 Å². The van der Waals surface area contributed by atoms with Crippen molar-refractivity contribution in [2.24, 2.45) is 0 Å². The molecule has 1 atom stereocenters. The van der Waals surface area contributed by atoms with Gasteiger partial charge in [-0.25, -0.2) is 9.59 Å². The van der Waals surface area contributed by atoms with Gasteiger partial charge in [-0.15, -0.1) is 0 Å². The first-order chi connectivity index (χ1) is 16.5. The lowest BCUT2D eigenvalue weighted by molar-refractivity contribution is -0.159. The number of anilines is 1. The minimum absolute atomic E-state index is 0.0652. The zero-order chi connectivity index (χ0) is 26.0. The van der Waals surface area contributed by atoms with E-state index in [4.69, 9.17) is 31.4 Å².